The van der Waals surface area contributed by atoms with Crippen molar-refractivity contribution in [1.82, 2.24) is 20.2 Å². The molecule has 0 fully saturated rings. The van der Waals surface area contributed by atoms with Crippen molar-refractivity contribution in [3.05, 3.63) is 41.5 Å². The number of benzene rings is 1. The van der Waals surface area contributed by atoms with E-state index in [0.717, 1.165) is 5.56 Å². The van der Waals surface area contributed by atoms with Crippen molar-refractivity contribution in [2.24, 2.45) is 5.73 Å². The average Bonchev–Trinajstić information content (AvgIpc) is 2.65. The third-order valence-electron chi connectivity index (χ3n) is 2.01. The molecule has 0 amide bonds. The summed E-state index contributed by atoms with van der Waals surface area (Å²) in [4.78, 5) is 0. The van der Waals surface area contributed by atoms with Crippen LogP contribution in [0.1, 0.15) is 11.4 Å². The van der Waals surface area contributed by atoms with Crippen molar-refractivity contribution >= 4 is 0 Å². The zero-order valence-electron chi connectivity index (χ0n) is 7.97. The van der Waals surface area contributed by atoms with E-state index in [1.165, 1.54) is 12.1 Å². The fourth-order valence-corrected chi connectivity index (χ4v) is 1.30. The number of nitrogens with zero attached hydrogens (tertiary/aromatic N) is 4. The highest BCUT2D eigenvalue weighted by atomic mass is 19.1. The number of hydrogen-bond acceptors (Lipinski definition) is 4. The van der Waals surface area contributed by atoms with E-state index in [9.17, 15) is 4.39 Å². The van der Waals surface area contributed by atoms with Gasteiger partial charge in [0.1, 0.15) is 5.82 Å². The SMILES string of the molecule is NCc1nnnn1Cc1cccc(F)c1. The molecule has 1 aromatic heterocycles. The molecule has 15 heavy (non-hydrogen) atoms. The summed E-state index contributed by atoms with van der Waals surface area (Å²) in [6.07, 6.45) is 0. The Kier molecular flexibility index (Phi) is 2.68. The van der Waals surface area contributed by atoms with Gasteiger partial charge in [0.2, 0.25) is 0 Å². The highest BCUT2D eigenvalue weighted by Gasteiger charge is 2.04. The number of rotatable bonds is 3. The van der Waals surface area contributed by atoms with Crippen LogP contribution in [0.25, 0.3) is 0 Å². The van der Waals surface area contributed by atoms with Gasteiger partial charge in [0.15, 0.2) is 5.82 Å². The predicted molar refractivity (Wildman–Crippen MR) is 51.2 cm³/mol. The third-order valence-corrected chi connectivity index (χ3v) is 2.01. The molecule has 0 saturated carbocycles. The number of aromatic nitrogens is 4. The second-order valence-corrected chi connectivity index (χ2v) is 3.09. The summed E-state index contributed by atoms with van der Waals surface area (Å²) in [5, 5.41) is 11.0. The van der Waals surface area contributed by atoms with Gasteiger partial charge in [-0.1, -0.05) is 12.1 Å². The van der Waals surface area contributed by atoms with Gasteiger partial charge in [0.05, 0.1) is 13.1 Å². The lowest BCUT2D eigenvalue weighted by Crippen LogP contribution is -2.10. The first-order valence-corrected chi connectivity index (χ1v) is 4.49. The van der Waals surface area contributed by atoms with Crippen LogP contribution in [-0.4, -0.2) is 20.2 Å². The first-order valence-electron chi connectivity index (χ1n) is 4.49. The van der Waals surface area contributed by atoms with Crippen LogP contribution in [0.2, 0.25) is 0 Å². The fraction of sp³-hybridized carbons (Fsp3) is 0.222. The maximum Gasteiger partial charge on any atom is 0.165 e. The highest BCUT2D eigenvalue weighted by molar-refractivity contribution is 5.16. The highest BCUT2D eigenvalue weighted by Crippen LogP contribution is 2.05. The van der Waals surface area contributed by atoms with Gasteiger partial charge in [-0.15, -0.1) is 5.10 Å². The van der Waals surface area contributed by atoms with Gasteiger partial charge in [-0.25, -0.2) is 9.07 Å². The van der Waals surface area contributed by atoms with Gasteiger partial charge in [0, 0.05) is 0 Å². The smallest absolute Gasteiger partial charge is 0.165 e. The summed E-state index contributed by atoms with van der Waals surface area (Å²) < 4.78 is 14.4. The number of hydrogen-bond donors (Lipinski definition) is 1. The molecule has 78 valence electrons. The van der Waals surface area contributed by atoms with E-state index in [4.69, 9.17) is 5.73 Å². The van der Waals surface area contributed by atoms with Crippen LogP contribution >= 0.6 is 0 Å². The molecule has 0 aliphatic rings. The maximum atomic E-state index is 12.9. The van der Waals surface area contributed by atoms with E-state index in [0.29, 0.717) is 12.4 Å². The molecule has 0 unspecified atom stereocenters. The molecule has 5 nitrogen and oxygen atoms in total. The Balaban J connectivity index is 2.22. The minimum absolute atomic E-state index is 0.266. The molecule has 0 atom stereocenters. The van der Waals surface area contributed by atoms with Crippen LogP contribution in [0.4, 0.5) is 4.39 Å². The lowest BCUT2D eigenvalue weighted by atomic mass is 10.2. The van der Waals surface area contributed by atoms with Crippen molar-refractivity contribution in [1.29, 1.82) is 0 Å². The van der Waals surface area contributed by atoms with Crippen molar-refractivity contribution in [3.63, 3.8) is 0 Å². The Labute approximate surface area is 85.7 Å². The van der Waals surface area contributed by atoms with E-state index in [2.05, 4.69) is 15.5 Å². The van der Waals surface area contributed by atoms with E-state index >= 15 is 0 Å². The molecule has 0 bridgehead atoms. The minimum atomic E-state index is -0.269. The lowest BCUT2D eigenvalue weighted by molar-refractivity contribution is 0.602. The average molecular weight is 207 g/mol. The number of halogens is 1. The molecule has 1 heterocycles. The predicted octanol–water partition coefficient (Wildman–Crippen LogP) is 0.319. The molecule has 1 aromatic carbocycles. The summed E-state index contributed by atoms with van der Waals surface area (Å²) in [5.74, 6) is 0.314. The molecule has 0 aliphatic heterocycles. The Morgan fingerprint density at radius 3 is 3.00 bits per heavy atom. The third kappa shape index (κ3) is 2.16. The first kappa shape index (κ1) is 9.72. The zero-order valence-corrected chi connectivity index (χ0v) is 7.97. The summed E-state index contributed by atoms with van der Waals surface area (Å²) in [7, 11) is 0. The van der Waals surface area contributed by atoms with E-state index < -0.39 is 0 Å². The number of tetrazole rings is 1. The normalized spacial score (nSPS) is 10.5. The first-order chi connectivity index (χ1) is 7.29. The van der Waals surface area contributed by atoms with Crippen molar-refractivity contribution in [2.75, 3.05) is 0 Å². The second-order valence-electron chi connectivity index (χ2n) is 3.09. The summed E-state index contributed by atoms with van der Waals surface area (Å²) in [6, 6.07) is 6.30. The van der Waals surface area contributed by atoms with Gasteiger partial charge in [-0.05, 0) is 28.1 Å². The van der Waals surface area contributed by atoms with Crippen LogP contribution in [0.3, 0.4) is 0 Å². The van der Waals surface area contributed by atoms with E-state index in [1.54, 1.807) is 10.7 Å². The molecule has 2 rings (SSSR count). The van der Waals surface area contributed by atoms with Gasteiger partial charge >= 0.3 is 0 Å². The lowest BCUT2D eigenvalue weighted by Gasteiger charge is -2.02. The quantitative estimate of drug-likeness (QED) is 0.786. The van der Waals surface area contributed by atoms with Crippen molar-refractivity contribution in [2.45, 2.75) is 13.1 Å². The van der Waals surface area contributed by atoms with Crippen LogP contribution < -0.4 is 5.73 Å². The van der Waals surface area contributed by atoms with E-state index in [1.807, 2.05) is 6.07 Å². The van der Waals surface area contributed by atoms with Gasteiger partial charge in [-0.3, -0.25) is 0 Å². The molecular weight excluding hydrogens is 197 g/mol. The van der Waals surface area contributed by atoms with Crippen LogP contribution in [0.15, 0.2) is 24.3 Å². The molecule has 2 N–H and O–H groups in total. The Hall–Kier alpha value is -1.82. The van der Waals surface area contributed by atoms with Gasteiger partial charge in [-0.2, -0.15) is 0 Å². The molecule has 0 saturated heterocycles. The van der Waals surface area contributed by atoms with E-state index in [-0.39, 0.29) is 12.4 Å². The summed E-state index contributed by atoms with van der Waals surface area (Å²) >= 11 is 0. The Bertz CT molecular complexity index is 453. The largest absolute Gasteiger partial charge is 0.324 e. The van der Waals surface area contributed by atoms with Gasteiger partial charge < -0.3 is 5.73 Å². The molecule has 0 spiro atoms. The van der Waals surface area contributed by atoms with Crippen LogP contribution in [0, 0.1) is 5.82 Å². The fourth-order valence-electron chi connectivity index (χ4n) is 1.30. The summed E-state index contributed by atoms with van der Waals surface area (Å²) in [5.41, 5.74) is 6.24. The standard InChI is InChI=1S/C9H10FN5/c10-8-3-1-2-7(4-8)6-15-9(5-11)12-13-14-15/h1-4H,5-6,11H2. The zero-order chi connectivity index (χ0) is 10.7. The molecular formula is C9H10FN5. The van der Waals surface area contributed by atoms with Gasteiger partial charge in [0.25, 0.3) is 0 Å². The molecule has 0 aliphatic carbocycles. The second kappa shape index (κ2) is 4.14. The van der Waals surface area contributed by atoms with Crippen molar-refractivity contribution in [3.8, 4) is 0 Å². The van der Waals surface area contributed by atoms with Crippen LogP contribution in [0.5, 0.6) is 0 Å². The number of nitrogens with two attached hydrogens (primary N) is 1. The van der Waals surface area contributed by atoms with Crippen LogP contribution in [-0.2, 0) is 13.1 Å². The molecule has 0 radical (unpaired) electrons. The molecule has 2 aromatic rings. The maximum absolute atomic E-state index is 12.9. The molecule has 6 heteroatoms. The van der Waals surface area contributed by atoms with Crippen molar-refractivity contribution < 1.29 is 4.39 Å². The summed E-state index contributed by atoms with van der Waals surface area (Å²) in [6.45, 7) is 0.694. The Morgan fingerprint density at radius 1 is 1.40 bits per heavy atom. The minimum Gasteiger partial charge on any atom is -0.324 e. The Morgan fingerprint density at radius 2 is 2.27 bits per heavy atom. The monoisotopic (exact) mass is 207 g/mol. The topological polar surface area (TPSA) is 69.6 Å².